The molecule has 0 saturated carbocycles. The maximum Gasteiger partial charge on any atom is 0.220 e. The van der Waals surface area contributed by atoms with Gasteiger partial charge in [-0.05, 0) is 44.9 Å². The van der Waals surface area contributed by atoms with E-state index in [9.17, 15) is 15.0 Å². The Morgan fingerprint density at radius 2 is 0.691 bits per heavy atom. The Morgan fingerprint density at radius 3 is 1.00 bits per heavy atom. The number of rotatable bonds is 46. The van der Waals surface area contributed by atoms with E-state index in [2.05, 4.69) is 31.3 Å². The standard InChI is InChI=1S/C51H99NO3/c1-3-5-7-9-11-13-15-17-19-20-21-22-23-24-25-26-27-28-29-30-31-32-33-34-36-38-40-42-44-46-50(54)49(48-53)52-51(55)47-45-43-41-39-37-35-18-16-14-12-10-8-6-4-2/h16,18,44,46,49-50,53-54H,3-15,17,19-43,45,47-48H2,1-2H3,(H,52,55)/b18-16-,46-44+. The first kappa shape index (κ1) is 53.9. The van der Waals surface area contributed by atoms with Gasteiger partial charge in [-0.15, -0.1) is 0 Å². The molecule has 2 atom stereocenters. The zero-order valence-electron chi connectivity index (χ0n) is 37.5. The Kier molecular flexibility index (Phi) is 46.3. The van der Waals surface area contributed by atoms with Crippen molar-refractivity contribution in [2.24, 2.45) is 0 Å². The van der Waals surface area contributed by atoms with Crippen molar-refractivity contribution in [3.8, 4) is 0 Å². The van der Waals surface area contributed by atoms with Crippen molar-refractivity contribution in [2.75, 3.05) is 6.61 Å². The van der Waals surface area contributed by atoms with Gasteiger partial charge in [0.25, 0.3) is 0 Å². The van der Waals surface area contributed by atoms with Crippen molar-refractivity contribution in [2.45, 2.75) is 289 Å². The lowest BCUT2D eigenvalue weighted by molar-refractivity contribution is -0.123. The highest BCUT2D eigenvalue weighted by Gasteiger charge is 2.18. The number of carbonyl (C=O) groups excluding carboxylic acids is 1. The molecule has 3 N–H and O–H groups in total. The fraction of sp³-hybridized carbons (Fsp3) is 0.902. The monoisotopic (exact) mass is 774 g/mol. The van der Waals surface area contributed by atoms with Gasteiger partial charge in [-0.1, -0.05) is 250 Å². The molecule has 0 aromatic heterocycles. The summed E-state index contributed by atoms with van der Waals surface area (Å²) in [6.07, 6.45) is 61.8. The highest BCUT2D eigenvalue weighted by Crippen LogP contribution is 2.17. The number of allylic oxidation sites excluding steroid dienone is 3. The van der Waals surface area contributed by atoms with E-state index in [0.717, 1.165) is 32.1 Å². The molecule has 0 saturated heterocycles. The molecule has 0 spiro atoms. The van der Waals surface area contributed by atoms with Gasteiger partial charge in [0.15, 0.2) is 0 Å². The van der Waals surface area contributed by atoms with Crippen LogP contribution in [0, 0.1) is 0 Å². The summed E-state index contributed by atoms with van der Waals surface area (Å²) < 4.78 is 0. The first-order valence-corrected chi connectivity index (χ1v) is 25.1. The molecule has 55 heavy (non-hydrogen) atoms. The van der Waals surface area contributed by atoms with Gasteiger partial charge in [0.2, 0.25) is 5.91 Å². The number of hydrogen-bond acceptors (Lipinski definition) is 3. The fourth-order valence-corrected chi connectivity index (χ4v) is 7.82. The fourth-order valence-electron chi connectivity index (χ4n) is 7.82. The first-order valence-electron chi connectivity index (χ1n) is 25.1. The quantitative estimate of drug-likeness (QED) is 0.0426. The lowest BCUT2D eigenvalue weighted by atomic mass is 10.0. The minimum absolute atomic E-state index is 0.0704. The second-order valence-electron chi connectivity index (χ2n) is 17.2. The summed E-state index contributed by atoms with van der Waals surface area (Å²) >= 11 is 0. The third-order valence-electron chi connectivity index (χ3n) is 11.7. The van der Waals surface area contributed by atoms with Crippen LogP contribution in [0.2, 0.25) is 0 Å². The topological polar surface area (TPSA) is 69.6 Å². The molecule has 1 amide bonds. The van der Waals surface area contributed by atoms with E-state index in [1.54, 1.807) is 6.08 Å². The Hall–Kier alpha value is -1.13. The van der Waals surface area contributed by atoms with Crippen LogP contribution in [-0.2, 0) is 4.79 Å². The number of aliphatic hydroxyl groups is 2. The molecule has 0 bridgehead atoms. The van der Waals surface area contributed by atoms with E-state index in [1.165, 1.54) is 225 Å². The van der Waals surface area contributed by atoms with Gasteiger partial charge < -0.3 is 15.5 Å². The predicted molar refractivity (Wildman–Crippen MR) is 244 cm³/mol. The van der Waals surface area contributed by atoms with Gasteiger partial charge >= 0.3 is 0 Å². The van der Waals surface area contributed by atoms with Gasteiger partial charge in [0.05, 0.1) is 18.8 Å². The van der Waals surface area contributed by atoms with Gasteiger partial charge in [0.1, 0.15) is 0 Å². The largest absolute Gasteiger partial charge is 0.394 e. The van der Waals surface area contributed by atoms with Gasteiger partial charge in [0, 0.05) is 6.42 Å². The molecule has 0 heterocycles. The number of hydrogen-bond donors (Lipinski definition) is 3. The Balaban J connectivity index is 3.46. The Labute approximate surface area is 345 Å². The van der Waals surface area contributed by atoms with Gasteiger partial charge in [-0.3, -0.25) is 4.79 Å². The summed E-state index contributed by atoms with van der Waals surface area (Å²) in [5.74, 6) is -0.0704. The van der Waals surface area contributed by atoms with Crippen LogP contribution in [0.25, 0.3) is 0 Å². The van der Waals surface area contributed by atoms with E-state index in [-0.39, 0.29) is 12.5 Å². The van der Waals surface area contributed by atoms with E-state index in [0.29, 0.717) is 6.42 Å². The van der Waals surface area contributed by atoms with Crippen molar-refractivity contribution >= 4 is 5.91 Å². The zero-order valence-corrected chi connectivity index (χ0v) is 37.5. The van der Waals surface area contributed by atoms with Crippen LogP contribution in [0.3, 0.4) is 0 Å². The van der Waals surface area contributed by atoms with Crippen LogP contribution in [0.5, 0.6) is 0 Å². The Morgan fingerprint density at radius 1 is 0.418 bits per heavy atom. The summed E-state index contributed by atoms with van der Waals surface area (Å²) in [5, 5.41) is 23.1. The highest BCUT2D eigenvalue weighted by molar-refractivity contribution is 5.76. The van der Waals surface area contributed by atoms with E-state index in [4.69, 9.17) is 0 Å². The van der Waals surface area contributed by atoms with Gasteiger partial charge in [-0.2, -0.15) is 0 Å². The molecule has 0 fully saturated rings. The van der Waals surface area contributed by atoms with E-state index >= 15 is 0 Å². The van der Waals surface area contributed by atoms with Crippen LogP contribution >= 0.6 is 0 Å². The van der Waals surface area contributed by atoms with Crippen LogP contribution in [0.4, 0.5) is 0 Å². The number of amides is 1. The van der Waals surface area contributed by atoms with Crippen molar-refractivity contribution in [1.82, 2.24) is 5.32 Å². The highest BCUT2D eigenvalue weighted by atomic mass is 16.3. The maximum absolute atomic E-state index is 12.4. The van der Waals surface area contributed by atoms with Crippen LogP contribution < -0.4 is 5.32 Å². The molecule has 0 rings (SSSR count). The van der Waals surface area contributed by atoms with Crippen LogP contribution in [-0.4, -0.2) is 34.9 Å². The van der Waals surface area contributed by atoms with Crippen molar-refractivity contribution in [3.05, 3.63) is 24.3 Å². The number of aliphatic hydroxyl groups excluding tert-OH is 2. The normalized spacial score (nSPS) is 13.0. The molecule has 2 unspecified atom stereocenters. The average molecular weight is 774 g/mol. The molecular formula is C51H99NO3. The smallest absolute Gasteiger partial charge is 0.220 e. The second-order valence-corrected chi connectivity index (χ2v) is 17.2. The molecule has 0 aliphatic heterocycles. The van der Waals surface area contributed by atoms with Crippen LogP contribution in [0.1, 0.15) is 277 Å². The maximum atomic E-state index is 12.4. The first-order chi connectivity index (χ1) is 27.2. The minimum Gasteiger partial charge on any atom is -0.394 e. The lowest BCUT2D eigenvalue weighted by Crippen LogP contribution is -2.45. The lowest BCUT2D eigenvalue weighted by Gasteiger charge is -2.20. The van der Waals surface area contributed by atoms with E-state index in [1.807, 2.05) is 6.08 Å². The molecule has 4 heteroatoms. The van der Waals surface area contributed by atoms with Crippen molar-refractivity contribution in [1.29, 1.82) is 0 Å². The zero-order chi connectivity index (χ0) is 40.0. The number of carbonyl (C=O) groups is 1. The van der Waals surface area contributed by atoms with Crippen molar-refractivity contribution in [3.63, 3.8) is 0 Å². The summed E-state index contributed by atoms with van der Waals surface area (Å²) in [6.45, 7) is 4.31. The second kappa shape index (κ2) is 47.2. The summed E-state index contributed by atoms with van der Waals surface area (Å²) in [6, 6.07) is -0.624. The average Bonchev–Trinajstić information content (AvgIpc) is 3.19. The van der Waals surface area contributed by atoms with Crippen LogP contribution in [0.15, 0.2) is 24.3 Å². The SMILES string of the molecule is CCCCCCC/C=C\CCCCCCCC(=O)NC(CO)C(O)/C=C/CCCCCCCCCCCCCCCCCCCCCCCCCCCCC. The molecule has 0 radical (unpaired) electrons. The summed E-state index contributed by atoms with van der Waals surface area (Å²) in [4.78, 5) is 12.4. The summed E-state index contributed by atoms with van der Waals surface area (Å²) in [5.41, 5.74) is 0. The third-order valence-corrected chi connectivity index (χ3v) is 11.7. The molecule has 0 aliphatic carbocycles. The molecule has 4 nitrogen and oxygen atoms in total. The van der Waals surface area contributed by atoms with Crippen molar-refractivity contribution < 1.29 is 15.0 Å². The van der Waals surface area contributed by atoms with Gasteiger partial charge in [-0.25, -0.2) is 0 Å². The predicted octanol–water partition coefficient (Wildman–Crippen LogP) is 16.0. The molecule has 0 aromatic carbocycles. The summed E-state index contributed by atoms with van der Waals surface area (Å²) in [7, 11) is 0. The minimum atomic E-state index is -0.840. The molecule has 0 aliphatic rings. The molecular weight excluding hydrogens is 675 g/mol. The number of nitrogens with one attached hydrogen (secondary N) is 1. The Bertz CT molecular complexity index is 795. The number of unbranched alkanes of at least 4 members (excludes halogenated alkanes) is 37. The molecule has 326 valence electrons. The molecule has 0 aromatic rings. The van der Waals surface area contributed by atoms with E-state index < -0.39 is 12.1 Å². The third kappa shape index (κ3) is 43.8.